The molecule has 1 aliphatic heterocycles. The van der Waals surface area contributed by atoms with Crippen LogP contribution in [0.3, 0.4) is 0 Å². The van der Waals surface area contributed by atoms with Crippen molar-refractivity contribution < 1.29 is 14.3 Å². The van der Waals surface area contributed by atoms with E-state index in [0.717, 1.165) is 5.09 Å². The molecule has 0 spiro atoms. The first-order valence-corrected chi connectivity index (χ1v) is 6.84. The fourth-order valence-electron chi connectivity index (χ4n) is 1.41. The number of allylic oxidation sites excluding steroid dienone is 1. The van der Waals surface area contributed by atoms with Crippen LogP contribution in [0.1, 0.15) is 6.42 Å². The van der Waals surface area contributed by atoms with Gasteiger partial charge in [-0.15, -0.1) is 0 Å². The number of esters is 1. The summed E-state index contributed by atoms with van der Waals surface area (Å²) >= 11 is 7.33. The summed E-state index contributed by atoms with van der Waals surface area (Å²) in [6.07, 6.45) is 2.62. The number of rotatable bonds is 5. The Morgan fingerprint density at radius 3 is 2.65 bits per heavy atom. The molecule has 0 bridgehead atoms. The molecule has 0 radical (unpaired) electrons. The molecule has 8 heteroatoms. The van der Waals surface area contributed by atoms with E-state index < -0.39 is 5.97 Å². The van der Waals surface area contributed by atoms with Crippen LogP contribution in [0.25, 0.3) is 0 Å². The predicted molar refractivity (Wildman–Crippen MR) is 80.9 cm³/mol. The lowest BCUT2D eigenvalue weighted by atomic mass is 10.2. The van der Waals surface area contributed by atoms with Gasteiger partial charge in [0.1, 0.15) is 15.9 Å². The zero-order chi connectivity index (χ0) is 15.3. The SMILES string of the molecule is C=C(/N=C(/C(=O)OC)C(Cl)=C(N)N)C1CC=C(OC)S1. The van der Waals surface area contributed by atoms with Crippen molar-refractivity contribution in [3.63, 3.8) is 0 Å². The highest BCUT2D eigenvalue weighted by atomic mass is 35.5. The van der Waals surface area contributed by atoms with Gasteiger partial charge < -0.3 is 20.9 Å². The van der Waals surface area contributed by atoms with Crippen molar-refractivity contribution in [1.29, 1.82) is 0 Å². The molecule has 4 N–H and O–H groups in total. The number of halogens is 1. The van der Waals surface area contributed by atoms with Gasteiger partial charge >= 0.3 is 5.97 Å². The third-order valence-corrected chi connectivity index (χ3v) is 4.14. The fraction of sp³-hybridized carbons (Fsp3) is 0.333. The van der Waals surface area contributed by atoms with E-state index in [0.29, 0.717) is 12.1 Å². The number of thioether (sulfide) groups is 1. The molecule has 0 amide bonds. The number of carbonyl (C=O) groups is 1. The van der Waals surface area contributed by atoms with Crippen molar-refractivity contribution in [2.45, 2.75) is 11.7 Å². The van der Waals surface area contributed by atoms with Gasteiger partial charge in [-0.3, -0.25) is 0 Å². The van der Waals surface area contributed by atoms with Gasteiger partial charge in [0.15, 0.2) is 5.71 Å². The van der Waals surface area contributed by atoms with E-state index in [4.69, 9.17) is 27.8 Å². The van der Waals surface area contributed by atoms with Gasteiger partial charge in [0.05, 0.1) is 19.5 Å². The molecule has 1 heterocycles. The average molecular weight is 318 g/mol. The number of nitrogens with zero attached hydrogens (tertiary/aromatic N) is 1. The van der Waals surface area contributed by atoms with Gasteiger partial charge in [0, 0.05) is 5.70 Å². The second kappa shape index (κ2) is 7.25. The molecule has 20 heavy (non-hydrogen) atoms. The largest absolute Gasteiger partial charge is 0.491 e. The zero-order valence-corrected chi connectivity index (χ0v) is 12.8. The number of carbonyl (C=O) groups excluding carboxylic acids is 1. The molecular weight excluding hydrogens is 302 g/mol. The molecule has 0 fully saturated rings. The highest BCUT2D eigenvalue weighted by molar-refractivity contribution is 8.03. The van der Waals surface area contributed by atoms with Gasteiger partial charge in [-0.2, -0.15) is 0 Å². The molecule has 0 aromatic heterocycles. The lowest BCUT2D eigenvalue weighted by Gasteiger charge is -2.11. The summed E-state index contributed by atoms with van der Waals surface area (Å²) in [5.41, 5.74) is 11.0. The molecule has 1 unspecified atom stereocenters. The Kier molecular flexibility index (Phi) is 5.97. The molecule has 0 aromatic carbocycles. The van der Waals surface area contributed by atoms with Crippen molar-refractivity contribution in [2.24, 2.45) is 16.5 Å². The van der Waals surface area contributed by atoms with Gasteiger partial charge in [-0.05, 0) is 12.5 Å². The average Bonchev–Trinajstić information content (AvgIpc) is 2.91. The third kappa shape index (κ3) is 3.94. The van der Waals surface area contributed by atoms with Crippen molar-refractivity contribution >= 4 is 35.0 Å². The van der Waals surface area contributed by atoms with Crippen LogP contribution >= 0.6 is 23.4 Å². The Hall–Kier alpha value is -1.60. The molecule has 1 aliphatic rings. The number of hydrogen-bond acceptors (Lipinski definition) is 7. The minimum absolute atomic E-state index is 0.0342. The van der Waals surface area contributed by atoms with Crippen LogP contribution in [0.15, 0.2) is 39.3 Å². The predicted octanol–water partition coefficient (Wildman–Crippen LogP) is 1.43. The van der Waals surface area contributed by atoms with Crippen LogP contribution in [0, 0.1) is 0 Å². The Morgan fingerprint density at radius 2 is 2.20 bits per heavy atom. The maximum absolute atomic E-state index is 11.7. The molecule has 0 saturated carbocycles. The van der Waals surface area contributed by atoms with Gasteiger partial charge in [-0.1, -0.05) is 29.9 Å². The molecule has 0 aromatic rings. The van der Waals surface area contributed by atoms with Crippen LogP contribution < -0.4 is 11.5 Å². The summed E-state index contributed by atoms with van der Waals surface area (Å²) in [6, 6.07) is 0. The normalized spacial score (nSPS) is 18.2. The summed E-state index contributed by atoms with van der Waals surface area (Å²) in [5.74, 6) is -0.939. The van der Waals surface area contributed by atoms with Gasteiger partial charge in [0.2, 0.25) is 0 Å². The summed E-state index contributed by atoms with van der Waals surface area (Å²) in [6.45, 7) is 3.84. The Bertz CT molecular complexity index is 510. The number of ether oxygens (including phenoxy) is 2. The fourth-order valence-corrected chi connectivity index (χ4v) is 2.48. The van der Waals surface area contributed by atoms with Crippen molar-refractivity contribution in [3.8, 4) is 0 Å². The maximum Gasteiger partial charge on any atom is 0.358 e. The monoisotopic (exact) mass is 317 g/mol. The Labute approximate surface area is 126 Å². The molecule has 0 aliphatic carbocycles. The minimum Gasteiger partial charge on any atom is -0.491 e. The summed E-state index contributed by atoms with van der Waals surface area (Å²) in [4.78, 5) is 15.8. The topological polar surface area (TPSA) is 99.9 Å². The first-order valence-electron chi connectivity index (χ1n) is 5.58. The summed E-state index contributed by atoms with van der Waals surface area (Å²) < 4.78 is 9.72. The molecular formula is C12H16ClN3O3S. The van der Waals surface area contributed by atoms with E-state index in [9.17, 15) is 4.79 Å². The first kappa shape index (κ1) is 16.5. The van der Waals surface area contributed by atoms with Crippen LogP contribution in [0.5, 0.6) is 0 Å². The van der Waals surface area contributed by atoms with E-state index in [-0.39, 0.29) is 21.8 Å². The quantitative estimate of drug-likeness (QED) is 0.588. The van der Waals surface area contributed by atoms with Crippen LogP contribution in [-0.2, 0) is 14.3 Å². The van der Waals surface area contributed by atoms with Crippen molar-refractivity contribution in [2.75, 3.05) is 14.2 Å². The summed E-state index contributed by atoms with van der Waals surface area (Å²) in [5, 5.41) is 0.597. The van der Waals surface area contributed by atoms with E-state index in [1.807, 2.05) is 6.08 Å². The van der Waals surface area contributed by atoms with E-state index in [1.54, 1.807) is 7.11 Å². The van der Waals surface area contributed by atoms with E-state index in [2.05, 4.69) is 16.3 Å². The molecule has 110 valence electrons. The Morgan fingerprint density at radius 1 is 1.55 bits per heavy atom. The van der Waals surface area contributed by atoms with Crippen LogP contribution in [0.2, 0.25) is 0 Å². The smallest absolute Gasteiger partial charge is 0.358 e. The first-order chi connectivity index (χ1) is 9.40. The number of nitrogens with two attached hydrogens (primary N) is 2. The van der Waals surface area contributed by atoms with Gasteiger partial charge in [-0.25, -0.2) is 9.79 Å². The van der Waals surface area contributed by atoms with Crippen LogP contribution in [-0.4, -0.2) is 31.2 Å². The highest BCUT2D eigenvalue weighted by Gasteiger charge is 2.24. The van der Waals surface area contributed by atoms with Gasteiger partial charge in [0.25, 0.3) is 0 Å². The number of aliphatic imine (C=N–C) groups is 1. The Balaban J connectivity index is 2.95. The minimum atomic E-state index is -0.729. The van der Waals surface area contributed by atoms with Crippen molar-refractivity contribution in [3.05, 3.63) is 34.3 Å². The highest BCUT2D eigenvalue weighted by Crippen LogP contribution is 2.36. The second-order valence-corrected chi connectivity index (χ2v) is 5.37. The molecule has 0 saturated heterocycles. The van der Waals surface area contributed by atoms with Crippen LogP contribution in [0.4, 0.5) is 0 Å². The van der Waals surface area contributed by atoms with Crippen molar-refractivity contribution in [1.82, 2.24) is 0 Å². The molecule has 6 nitrogen and oxygen atoms in total. The number of methoxy groups -OCH3 is 2. The maximum atomic E-state index is 11.7. The zero-order valence-electron chi connectivity index (χ0n) is 11.2. The van der Waals surface area contributed by atoms with E-state index in [1.165, 1.54) is 18.9 Å². The lowest BCUT2D eigenvalue weighted by Crippen LogP contribution is -2.23. The third-order valence-electron chi connectivity index (χ3n) is 2.43. The summed E-state index contributed by atoms with van der Waals surface area (Å²) in [7, 11) is 2.80. The lowest BCUT2D eigenvalue weighted by molar-refractivity contribution is -0.132. The molecule has 1 rings (SSSR count). The molecule has 1 atom stereocenters. The number of hydrogen-bond donors (Lipinski definition) is 2. The standard InChI is InChI=1S/C12H16ClN3O3S/c1-6(7-4-5-8(18-2)20-7)16-10(12(17)19-3)9(13)11(14)15/h5,7H,1,4,14-15H2,2-3H3/b16-10+. The van der Waals surface area contributed by atoms with E-state index >= 15 is 0 Å². The second-order valence-electron chi connectivity index (χ2n) is 3.78.